The van der Waals surface area contributed by atoms with Crippen molar-refractivity contribution >= 4 is 23.2 Å². The first-order valence-electron chi connectivity index (χ1n) is 11.6. The van der Waals surface area contributed by atoms with Gasteiger partial charge in [-0.15, -0.1) is 0 Å². The molecule has 0 unspecified atom stereocenters. The minimum atomic E-state index is -0.0934. The molecule has 0 aliphatic carbocycles. The van der Waals surface area contributed by atoms with E-state index in [4.69, 9.17) is 0 Å². The number of benzene rings is 2. The fraction of sp³-hybridized carbons (Fsp3) is 0.462. The molecule has 0 aromatic heterocycles. The summed E-state index contributed by atoms with van der Waals surface area (Å²) in [5.41, 5.74) is 3.86. The van der Waals surface area contributed by atoms with Crippen LogP contribution < -0.4 is 10.2 Å². The molecule has 2 aliphatic rings. The molecule has 2 fully saturated rings. The van der Waals surface area contributed by atoms with E-state index in [1.807, 2.05) is 23.1 Å². The first kappa shape index (κ1) is 21.4. The second kappa shape index (κ2) is 9.99. The zero-order chi connectivity index (χ0) is 21.6. The average Bonchev–Trinajstić information content (AvgIpc) is 2.80. The van der Waals surface area contributed by atoms with Crippen molar-refractivity contribution in [1.29, 1.82) is 0 Å². The SMILES string of the molecule is CC(=O)Nc1ccc(C(=O)N2CCC(Cc3ccccc3)CC2)c(N2CCCCC2)c1. The van der Waals surface area contributed by atoms with E-state index in [0.717, 1.165) is 75.2 Å². The van der Waals surface area contributed by atoms with Crippen LogP contribution in [-0.2, 0) is 11.2 Å². The van der Waals surface area contributed by atoms with E-state index >= 15 is 0 Å². The molecule has 31 heavy (non-hydrogen) atoms. The summed E-state index contributed by atoms with van der Waals surface area (Å²) in [5, 5.41) is 2.87. The van der Waals surface area contributed by atoms with Gasteiger partial charge in [0.15, 0.2) is 0 Å². The van der Waals surface area contributed by atoms with Gasteiger partial charge in [0.25, 0.3) is 5.91 Å². The number of carbonyl (C=O) groups excluding carboxylic acids is 2. The third-order valence-corrected chi connectivity index (χ3v) is 6.51. The third-order valence-electron chi connectivity index (χ3n) is 6.51. The van der Waals surface area contributed by atoms with Gasteiger partial charge in [0, 0.05) is 38.8 Å². The van der Waals surface area contributed by atoms with E-state index in [2.05, 4.69) is 40.5 Å². The Balaban J connectivity index is 1.46. The van der Waals surface area contributed by atoms with Gasteiger partial charge in [0.1, 0.15) is 0 Å². The molecule has 2 aromatic rings. The van der Waals surface area contributed by atoms with Crippen LogP contribution in [0, 0.1) is 5.92 Å². The van der Waals surface area contributed by atoms with E-state index in [0.29, 0.717) is 5.92 Å². The Labute approximate surface area is 185 Å². The first-order valence-corrected chi connectivity index (χ1v) is 11.6. The van der Waals surface area contributed by atoms with Gasteiger partial charge in [-0.25, -0.2) is 0 Å². The number of nitrogens with zero attached hydrogens (tertiary/aromatic N) is 2. The molecule has 0 radical (unpaired) electrons. The van der Waals surface area contributed by atoms with Gasteiger partial charge < -0.3 is 15.1 Å². The Morgan fingerprint density at radius 3 is 2.32 bits per heavy atom. The van der Waals surface area contributed by atoms with Crippen molar-refractivity contribution in [3.8, 4) is 0 Å². The van der Waals surface area contributed by atoms with E-state index in [9.17, 15) is 9.59 Å². The Bertz CT molecular complexity index is 898. The molecular formula is C26H33N3O2. The van der Waals surface area contributed by atoms with E-state index in [1.165, 1.54) is 18.9 Å². The molecule has 2 heterocycles. The monoisotopic (exact) mass is 419 g/mol. The highest BCUT2D eigenvalue weighted by molar-refractivity contribution is 6.01. The van der Waals surface area contributed by atoms with E-state index < -0.39 is 0 Å². The molecule has 164 valence electrons. The number of rotatable bonds is 5. The Morgan fingerprint density at radius 1 is 0.935 bits per heavy atom. The molecule has 0 bridgehead atoms. The predicted molar refractivity (Wildman–Crippen MR) is 126 cm³/mol. The second-order valence-electron chi connectivity index (χ2n) is 8.89. The van der Waals surface area contributed by atoms with Crippen LogP contribution in [0.15, 0.2) is 48.5 Å². The molecular weight excluding hydrogens is 386 g/mol. The summed E-state index contributed by atoms with van der Waals surface area (Å²) in [7, 11) is 0. The highest BCUT2D eigenvalue weighted by Crippen LogP contribution is 2.30. The van der Waals surface area contributed by atoms with Crippen LogP contribution in [0.5, 0.6) is 0 Å². The number of carbonyl (C=O) groups is 2. The zero-order valence-electron chi connectivity index (χ0n) is 18.5. The lowest BCUT2D eigenvalue weighted by Gasteiger charge is -2.35. The van der Waals surface area contributed by atoms with Crippen molar-refractivity contribution in [2.45, 2.75) is 45.4 Å². The summed E-state index contributed by atoms with van der Waals surface area (Å²) in [6.07, 6.45) is 6.70. The molecule has 0 spiro atoms. The maximum absolute atomic E-state index is 13.5. The van der Waals surface area contributed by atoms with Crippen LogP contribution in [0.2, 0.25) is 0 Å². The molecule has 2 amide bonds. The largest absolute Gasteiger partial charge is 0.371 e. The highest BCUT2D eigenvalue weighted by Gasteiger charge is 2.27. The van der Waals surface area contributed by atoms with E-state index in [-0.39, 0.29) is 11.8 Å². The van der Waals surface area contributed by atoms with Crippen LogP contribution in [-0.4, -0.2) is 42.9 Å². The molecule has 5 nitrogen and oxygen atoms in total. The lowest BCUT2D eigenvalue weighted by molar-refractivity contribution is -0.114. The van der Waals surface area contributed by atoms with Gasteiger partial charge in [-0.3, -0.25) is 9.59 Å². The number of hydrogen-bond acceptors (Lipinski definition) is 3. The van der Waals surface area contributed by atoms with Crippen molar-refractivity contribution in [3.05, 3.63) is 59.7 Å². The van der Waals surface area contributed by atoms with Crippen molar-refractivity contribution < 1.29 is 9.59 Å². The lowest BCUT2D eigenvalue weighted by Crippen LogP contribution is -2.40. The topological polar surface area (TPSA) is 52.7 Å². The normalized spacial score (nSPS) is 17.5. The van der Waals surface area contributed by atoms with Gasteiger partial charge in [0.05, 0.1) is 11.3 Å². The second-order valence-corrected chi connectivity index (χ2v) is 8.89. The quantitative estimate of drug-likeness (QED) is 0.762. The van der Waals surface area contributed by atoms with Crippen LogP contribution in [0.1, 0.15) is 54.9 Å². The highest BCUT2D eigenvalue weighted by atomic mass is 16.2. The predicted octanol–water partition coefficient (Wildman–Crippen LogP) is 4.73. The smallest absolute Gasteiger partial charge is 0.255 e. The minimum Gasteiger partial charge on any atom is -0.371 e. The number of likely N-dealkylation sites (tertiary alicyclic amines) is 1. The molecule has 2 saturated heterocycles. The summed E-state index contributed by atoms with van der Waals surface area (Å²) < 4.78 is 0. The van der Waals surface area contributed by atoms with Gasteiger partial charge in [-0.1, -0.05) is 30.3 Å². The number of hydrogen-bond donors (Lipinski definition) is 1. The molecule has 0 saturated carbocycles. The molecule has 0 atom stereocenters. The molecule has 2 aliphatic heterocycles. The Hall–Kier alpha value is -2.82. The van der Waals surface area contributed by atoms with Gasteiger partial charge in [-0.2, -0.15) is 0 Å². The van der Waals surface area contributed by atoms with Crippen LogP contribution in [0.3, 0.4) is 0 Å². The van der Waals surface area contributed by atoms with Crippen LogP contribution in [0.4, 0.5) is 11.4 Å². The summed E-state index contributed by atoms with van der Waals surface area (Å²) in [4.78, 5) is 29.3. The Morgan fingerprint density at radius 2 is 1.65 bits per heavy atom. The molecule has 4 rings (SSSR count). The standard InChI is InChI=1S/C26H33N3O2/c1-20(30)27-23-10-11-24(25(19-23)28-14-6-3-7-15-28)26(31)29-16-12-22(13-17-29)18-21-8-4-2-5-9-21/h2,4-5,8-11,19,22H,3,6-7,12-18H2,1H3,(H,27,30). The number of anilines is 2. The minimum absolute atomic E-state index is 0.0934. The van der Waals surface area contributed by atoms with Gasteiger partial charge in [-0.05, 0) is 68.2 Å². The van der Waals surface area contributed by atoms with Crippen molar-refractivity contribution in [2.24, 2.45) is 5.92 Å². The first-order chi connectivity index (χ1) is 15.1. The fourth-order valence-electron chi connectivity index (χ4n) is 4.85. The summed E-state index contributed by atoms with van der Waals surface area (Å²) in [5.74, 6) is 0.660. The average molecular weight is 420 g/mol. The molecule has 5 heteroatoms. The molecule has 2 aromatic carbocycles. The number of amides is 2. The van der Waals surface area contributed by atoms with Gasteiger partial charge >= 0.3 is 0 Å². The van der Waals surface area contributed by atoms with Crippen LogP contribution >= 0.6 is 0 Å². The summed E-state index contributed by atoms with van der Waals surface area (Å²) in [6, 6.07) is 16.4. The van der Waals surface area contributed by atoms with Crippen LogP contribution in [0.25, 0.3) is 0 Å². The maximum atomic E-state index is 13.5. The van der Waals surface area contributed by atoms with Crippen molar-refractivity contribution in [2.75, 3.05) is 36.4 Å². The lowest BCUT2D eigenvalue weighted by atomic mass is 9.90. The van der Waals surface area contributed by atoms with E-state index in [1.54, 1.807) is 0 Å². The van der Waals surface area contributed by atoms with Crippen molar-refractivity contribution in [3.63, 3.8) is 0 Å². The maximum Gasteiger partial charge on any atom is 0.255 e. The molecule has 1 N–H and O–H groups in total. The number of piperidine rings is 2. The van der Waals surface area contributed by atoms with Crippen molar-refractivity contribution in [1.82, 2.24) is 4.90 Å². The number of nitrogens with one attached hydrogen (secondary N) is 1. The summed E-state index contributed by atoms with van der Waals surface area (Å²) >= 11 is 0. The fourth-order valence-corrected chi connectivity index (χ4v) is 4.85. The zero-order valence-corrected chi connectivity index (χ0v) is 18.5. The third kappa shape index (κ3) is 5.46. The Kier molecular flexibility index (Phi) is 6.90. The van der Waals surface area contributed by atoms with Gasteiger partial charge in [0.2, 0.25) is 5.91 Å². The summed E-state index contributed by atoms with van der Waals surface area (Å²) in [6.45, 7) is 5.05.